The van der Waals surface area contributed by atoms with Crippen LogP contribution in [0.2, 0.25) is 0 Å². The Morgan fingerprint density at radius 1 is 0.611 bits per heavy atom. The van der Waals surface area contributed by atoms with Crippen molar-refractivity contribution >= 4 is 32.9 Å². The van der Waals surface area contributed by atoms with Gasteiger partial charge in [0.2, 0.25) is 0 Å². The lowest BCUT2D eigenvalue weighted by molar-refractivity contribution is 0.631. The molecule has 0 N–H and O–H groups in total. The third-order valence-corrected chi connectivity index (χ3v) is 7.02. The molecular weight excluding hydrogens is 442 g/mol. The van der Waals surface area contributed by atoms with Crippen LogP contribution < -0.4 is 0 Å². The van der Waals surface area contributed by atoms with Gasteiger partial charge < -0.3 is 8.83 Å². The van der Waals surface area contributed by atoms with Crippen molar-refractivity contribution in [2.24, 2.45) is 0 Å². The van der Waals surface area contributed by atoms with Crippen LogP contribution in [0.25, 0.3) is 66.6 Å². The lowest BCUT2D eigenvalue weighted by Crippen LogP contribution is -1.87. The van der Waals surface area contributed by atoms with Crippen LogP contribution in [0.5, 0.6) is 0 Å². The number of aromatic nitrogens is 1. The average molecular weight is 466 g/mol. The van der Waals surface area contributed by atoms with Crippen LogP contribution in [-0.4, -0.2) is 4.98 Å². The standard InChI is InChI=1S/C33H23NO2/c1-20-7-5-8-21(2)32(20)23-15-13-22(14-16-23)30-17-24-19-34-28(18-31(24)35-30)27-11-6-10-26-25-9-3-4-12-29(25)36-33(26)27/h3-19H,1-2H3. The van der Waals surface area contributed by atoms with Crippen LogP contribution in [0.4, 0.5) is 0 Å². The predicted molar refractivity (Wildman–Crippen MR) is 147 cm³/mol. The maximum Gasteiger partial charge on any atom is 0.144 e. The number of fused-ring (bicyclic) bond motifs is 4. The summed E-state index contributed by atoms with van der Waals surface area (Å²) >= 11 is 0. The molecule has 0 aliphatic rings. The topological polar surface area (TPSA) is 39.2 Å². The molecule has 7 rings (SSSR count). The molecule has 172 valence electrons. The third-order valence-electron chi connectivity index (χ3n) is 7.02. The van der Waals surface area contributed by atoms with Gasteiger partial charge in [0.25, 0.3) is 0 Å². The van der Waals surface area contributed by atoms with Crippen molar-refractivity contribution in [2.75, 3.05) is 0 Å². The van der Waals surface area contributed by atoms with Gasteiger partial charge >= 0.3 is 0 Å². The van der Waals surface area contributed by atoms with Gasteiger partial charge in [-0.3, -0.25) is 4.98 Å². The monoisotopic (exact) mass is 465 g/mol. The first kappa shape index (κ1) is 20.7. The van der Waals surface area contributed by atoms with E-state index in [2.05, 4.69) is 86.6 Å². The minimum Gasteiger partial charge on any atom is -0.456 e. The average Bonchev–Trinajstić information content (AvgIpc) is 3.50. The first-order chi connectivity index (χ1) is 17.7. The fourth-order valence-electron chi connectivity index (χ4n) is 5.24. The summed E-state index contributed by atoms with van der Waals surface area (Å²) in [6, 6.07) is 33.4. The van der Waals surface area contributed by atoms with E-state index in [0.29, 0.717) is 0 Å². The first-order valence-corrected chi connectivity index (χ1v) is 12.1. The second kappa shape index (κ2) is 7.96. The highest BCUT2D eigenvalue weighted by molar-refractivity contribution is 6.09. The number of para-hydroxylation sites is 2. The molecule has 0 unspecified atom stereocenters. The van der Waals surface area contributed by atoms with Crippen LogP contribution in [-0.2, 0) is 0 Å². The molecule has 7 aromatic rings. The van der Waals surface area contributed by atoms with Crippen LogP contribution in [0.1, 0.15) is 11.1 Å². The SMILES string of the molecule is Cc1cccc(C)c1-c1ccc(-c2cc3cnc(-c4cccc5c4oc4ccccc45)cc3o2)cc1. The number of hydrogen-bond donors (Lipinski definition) is 0. The molecule has 3 aromatic heterocycles. The Labute approximate surface area is 208 Å². The number of pyridine rings is 1. The molecule has 3 heteroatoms. The summed E-state index contributed by atoms with van der Waals surface area (Å²) in [5, 5.41) is 3.18. The number of aryl methyl sites for hydroxylation is 2. The van der Waals surface area contributed by atoms with E-state index in [1.165, 1.54) is 22.3 Å². The van der Waals surface area contributed by atoms with Crippen molar-refractivity contribution in [2.45, 2.75) is 13.8 Å². The Morgan fingerprint density at radius 3 is 2.17 bits per heavy atom. The third kappa shape index (κ3) is 3.24. The van der Waals surface area contributed by atoms with Crippen LogP contribution in [0.15, 0.2) is 112 Å². The minimum absolute atomic E-state index is 0.807. The molecule has 3 nitrogen and oxygen atoms in total. The van der Waals surface area contributed by atoms with E-state index in [9.17, 15) is 0 Å². The molecule has 0 atom stereocenters. The smallest absolute Gasteiger partial charge is 0.144 e. The number of benzene rings is 4. The Balaban J connectivity index is 1.28. The summed E-state index contributed by atoms with van der Waals surface area (Å²) in [7, 11) is 0. The van der Waals surface area contributed by atoms with Crippen LogP contribution in [0.3, 0.4) is 0 Å². The second-order valence-corrected chi connectivity index (χ2v) is 9.34. The minimum atomic E-state index is 0.807. The normalized spacial score (nSPS) is 11.6. The lowest BCUT2D eigenvalue weighted by Gasteiger charge is -2.10. The Morgan fingerprint density at radius 2 is 1.33 bits per heavy atom. The zero-order chi connectivity index (χ0) is 24.2. The van der Waals surface area contributed by atoms with Gasteiger partial charge in [0, 0.05) is 39.5 Å². The molecule has 0 bridgehead atoms. The molecule has 4 aromatic carbocycles. The summed E-state index contributed by atoms with van der Waals surface area (Å²) in [4.78, 5) is 4.76. The lowest BCUT2D eigenvalue weighted by atomic mass is 9.95. The number of rotatable bonds is 3. The molecule has 0 fully saturated rings. The van der Waals surface area contributed by atoms with Gasteiger partial charge in [-0.25, -0.2) is 0 Å². The molecule has 0 aliphatic carbocycles. The summed E-state index contributed by atoms with van der Waals surface area (Å²) in [6.45, 7) is 4.32. The molecule has 36 heavy (non-hydrogen) atoms. The number of nitrogens with zero attached hydrogens (tertiary/aromatic N) is 1. The van der Waals surface area contributed by atoms with E-state index >= 15 is 0 Å². The number of furan rings is 2. The van der Waals surface area contributed by atoms with Gasteiger partial charge in [-0.15, -0.1) is 0 Å². The molecule has 0 radical (unpaired) electrons. The zero-order valence-corrected chi connectivity index (χ0v) is 20.1. The van der Waals surface area contributed by atoms with E-state index in [4.69, 9.17) is 13.8 Å². The zero-order valence-electron chi connectivity index (χ0n) is 20.1. The highest BCUT2D eigenvalue weighted by Crippen LogP contribution is 2.37. The van der Waals surface area contributed by atoms with Gasteiger partial charge in [0.05, 0.1) is 5.69 Å². The molecule has 3 heterocycles. The Hall–Kier alpha value is -4.63. The molecule has 0 spiro atoms. The first-order valence-electron chi connectivity index (χ1n) is 12.1. The molecule has 0 saturated heterocycles. The molecule has 0 saturated carbocycles. The Kier molecular flexibility index (Phi) is 4.58. The van der Waals surface area contributed by atoms with Gasteiger partial charge in [0.15, 0.2) is 0 Å². The second-order valence-electron chi connectivity index (χ2n) is 9.34. The van der Waals surface area contributed by atoms with E-state index in [1.54, 1.807) is 0 Å². The van der Waals surface area contributed by atoms with Gasteiger partial charge in [-0.05, 0) is 54.3 Å². The van der Waals surface area contributed by atoms with Crippen LogP contribution >= 0.6 is 0 Å². The maximum absolute atomic E-state index is 6.31. The highest BCUT2D eigenvalue weighted by atomic mass is 16.3. The molecule has 0 aliphatic heterocycles. The quantitative estimate of drug-likeness (QED) is 0.261. The predicted octanol–water partition coefficient (Wildman–Crippen LogP) is 9.35. The highest BCUT2D eigenvalue weighted by Gasteiger charge is 2.15. The van der Waals surface area contributed by atoms with Crippen molar-refractivity contribution in [3.8, 4) is 33.7 Å². The van der Waals surface area contributed by atoms with Crippen molar-refractivity contribution in [3.63, 3.8) is 0 Å². The van der Waals surface area contributed by atoms with Gasteiger partial charge in [-0.1, -0.05) is 72.8 Å². The number of hydrogen-bond acceptors (Lipinski definition) is 3. The molecule has 0 amide bonds. The summed E-state index contributed by atoms with van der Waals surface area (Å²) in [6.07, 6.45) is 1.88. The fraction of sp³-hybridized carbons (Fsp3) is 0.0606. The van der Waals surface area contributed by atoms with Gasteiger partial charge in [0.1, 0.15) is 22.5 Å². The summed E-state index contributed by atoms with van der Waals surface area (Å²) in [5.41, 5.74) is 10.4. The maximum atomic E-state index is 6.31. The van der Waals surface area contributed by atoms with Crippen molar-refractivity contribution in [3.05, 3.63) is 114 Å². The van der Waals surface area contributed by atoms with E-state index in [1.807, 2.05) is 30.5 Å². The van der Waals surface area contributed by atoms with Crippen molar-refractivity contribution in [1.82, 2.24) is 4.98 Å². The van der Waals surface area contributed by atoms with Crippen molar-refractivity contribution in [1.29, 1.82) is 0 Å². The van der Waals surface area contributed by atoms with E-state index < -0.39 is 0 Å². The van der Waals surface area contributed by atoms with E-state index in [-0.39, 0.29) is 0 Å². The molecular formula is C33H23NO2. The van der Waals surface area contributed by atoms with Gasteiger partial charge in [-0.2, -0.15) is 0 Å². The van der Waals surface area contributed by atoms with E-state index in [0.717, 1.165) is 55.5 Å². The Bertz CT molecular complexity index is 1880. The summed E-state index contributed by atoms with van der Waals surface area (Å²) in [5.74, 6) is 0.832. The largest absolute Gasteiger partial charge is 0.456 e. The van der Waals surface area contributed by atoms with Crippen molar-refractivity contribution < 1.29 is 8.83 Å². The fourth-order valence-corrected chi connectivity index (χ4v) is 5.24. The van der Waals surface area contributed by atoms with Crippen LogP contribution in [0, 0.1) is 13.8 Å². The summed E-state index contributed by atoms with van der Waals surface area (Å²) < 4.78 is 12.5.